The second-order valence-corrected chi connectivity index (χ2v) is 4.76. The van der Waals surface area contributed by atoms with E-state index in [9.17, 15) is 4.79 Å². The van der Waals surface area contributed by atoms with Gasteiger partial charge in [0, 0.05) is 24.0 Å². The molecule has 3 nitrogen and oxygen atoms in total. The lowest BCUT2D eigenvalue weighted by Crippen LogP contribution is -2.09. The van der Waals surface area contributed by atoms with Gasteiger partial charge < -0.3 is 5.11 Å². The van der Waals surface area contributed by atoms with Crippen LogP contribution in [0.25, 0.3) is 0 Å². The second kappa shape index (κ2) is 5.84. The third-order valence-electron chi connectivity index (χ3n) is 1.58. The van der Waals surface area contributed by atoms with Crippen LogP contribution in [0.4, 0.5) is 0 Å². The molecule has 1 N–H and O–H groups in total. The number of pyridine rings is 1. The standard InChI is InChI=1S/C9H12NOP.CH4O/c1-9(2,12)8-5-7(6-11)3-4-10-8;1-2/h3-6H,12H2,1-2H3;2H,1H3. The van der Waals surface area contributed by atoms with Crippen molar-refractivity contribution in [2.75, 3.05) is 7.11 Å². The molecule has 0 aromatic carbocycles. The minimum atomic E-state index is -0.0704. The van der Waals surface area contributed by atoms with Gasteiger partial charge in [-0.15, -0.1) is 9.24 Å². The monoisotopic (exact) mass is 213 g/mol. The third-order valence-corrected chi connectivity index (χ3v) is 1.88. The van der Waals surface area contributed by atoms with Crippen LogP contribution in [-0.2, 0) is 5.16 Å². The molecular formula is C10H16NO2P. The zero-order valence-electron chi connectivity index (χ0n) is 8.69. The Labute approximate surface area is 86.8 Å². The van der Waals surface area contributed by atoms with Gasteiger partial charge in [-0.25, -0.2) is 0 Å². The lowest BCUT2D eigenvalue weighted by molar-refractivity contribution is 0.112. The number of aliphatic hydroxyl groups is 1. The number of aliphatic hydroxyl groups excluding tert-OH is 1. The average molecular weight is 213 g/mol. The van der Waals surface area contributed by atoms with Crippen LogP contribution in [0.1, 0.15) is 29.9 Å². The van der Waals surface area contributed by atoms with Crippen LogP contribution >= 0.6 is 9.24 Å². The molecule has 0 spiro atoms. The zero-order chi connectivity index (χ0) is 11.2. The summed E-state index contributed by atoms with van der Waals surface area (Å²) in [5.41, 5.74) is 1.59. The normalized spacial score (nSPS) is 10.1. The first kappa shape index (κ1) is 13.2. The van der Waals surface area contributed by atoms with Crippen molar-refractivity contribution in [2.45, 2.75) is 19.0 Å². The van der Waals surface area contributed by atoms with Gasteiger partial charge in [0.15, 0.2) is 0 Å². The van der Waals surface area contributed by atoms with E-state index in [0.717, 1.165) is 19.1 Å². The molecule has 0 aliphatic carbocycles. The molecule has 1 aromatic rings. The molecule has 0 saturated carbocycles. The molecule has 0 aliphatic heterocycles. The highest BCUT2D eigenvalue weighted by atomic mass is 31.0. The van der Waals surface area contributed by atoms with E-state index in [1.54, 1.807) is 18.3 Å². The SMILES string of the molecule is CC(C)(P)c1cc(C=O)ccn1.CO. The topological polar surface area (TPSA) is 50.2 Å². The summed E-state index contributed by atoms with van der Waals surface area (Å²) >= 11 is 0. The van der Waals surface area contributed by atoms with Gasteiger partial charge in [-0.05, 0) is 12.1 Å². The Balaban J connectivity index is 0.000000791. The molecule has 0 radical (unpaired) electrons. The summed E-state index contributed by atoms with van der Waals surface area (Å²) < 4.78 is 0. The van der Waals surface area contributed by atoms with Gasteiger partial charge in [0.05, 0.1) is 5.69 Å². The van der Waals surface area contributed by atoms with Crippen LogP contribution in [0.5, 0.6) is 0 Å². The highest BCUT2D eigenvalue weighted by molar-refractivity contribution is 7.18. The zero-order valence-corrected chi connectivity index (χ0v) is 9.84. The van der Waals surface area contributed by atoms with Crippen molar-refractivity contribution in [3.05, 3.63) is 29.6 Å². The molecule has 1 heterocycles. The number of carbonyl (C=O) groups excluding carboxylic acids is 1. The molecule has 14 heavy (non-hydrogen) atoms. The molecule has 1 aromatic heterocycles. The number of carbonyl (C=O) groups is 1. The Bertz CT molecular complexity index is 294. The fraction of sp³-hybridized carbons (Fsp3) is 0.400. The van der Waals surface area contributed by atoms with Gasteiger partial charge in [-0.2, -0.15) is 0 Å². The van der Waals surface area contributed by atoms with E-state index in [4.69, 9.17) is 5.11 Å². The van der Waals surface area contributed by atoms with Gasteiger partial charge in [-0.1, -0.05) is 13.8 Å². The van der Waals surface area contributed by atoms with Gasteiger partial charge in [-0.3, -0.25) is 9.78 Å². The highest BCUT2D eigenvalue weighted by Crippen LogP contribution is 2.28. The largest absolute Gasteiger partial charge is 0.400 e. The fourth-order valence-corrected chi connectivity index (χ4v) is 1.03. The van der Waals surface area contributed by atoms with E-state index in [2.05, 4.69) is 14.2 Å². The van der Waals surface area contributed by atoms with E-state index in [0.29, 0.717) is 5.56 Å². The first-order valence-corrected chi connectivity index (χ1v) is 4.77. The maximum Gasteiger partial charge on any atom is 0.150 e. The van der Waals surface area contributed by atoms with Crippen LogP contribution in [0, 0.1) is 0 Å². The van der Waals surface area contributed by atoms with Crippen molar-refractivity contribution in [2.24, 2.45) is 0 Å². The first-order valence-electron chi connectivity index (χ1n) is 4.19. The molecule has 0 amide bonds. The van der Waals surface area contributed by atoms with E-state index < -0.39 is 0 Å². The van der Waals surface area contributed by atoms with E-state index >= 15 is 0 Å². The Morgan fingerprint density at radius 2 is 2.07 bits per heavy atom. The number of hydrogen-bond acceptors (Lipinski definition) is 3. The van der Waals surface area contributed by atoms with Crippen LogP contribution in [0.2, 0.25) is 0 Å². The van der Waals surface area contributed by atoms with Crippen molar-refractivity contribution in [1.29, 1.82) is 0 Å². The smallest absolute Gasteiger partial charge is 0.150 e. The number of rotatable bonds is 2. The van der Waals surface area contributed by atoms with Crippen LogP contribution < -0.4 is 0 Å². The predicted molar refractivity (Wildman–Crippen MR) is 60.5 cm³/mol. The Morgan fingerprint density at radius 1 is 1.50 bits per heavy atom. The molecule has 4 heteroatoms. The summed E-state index contributed by atoms with van der Waals surface area (Å²) in [5.74, 6) is 0. The molecule has 0 saturated heterocycles. The van der Waals surface area contributed by atoms with Gasteiger partial charge in [0.25, 0.3) is 0 Å². The molecule has 0 bridgehead atoms. The number of aldehydes is 1. The van der Waals surface area contributed by atoms with Crippen molar-refractivity contribution < 1.29 is 9.90 Å². The predicted octanol–water partition coefficient (Wildman–Crippen LogP) is 1.61. The second-order valence-electron chi connectivity index (χ2n) is 3.31. The summed E-state index contributed by atoms with van der Waals surface area (Å²) in [6, 6.07) is 3.51. The molecule has 1 rings (SSSR count). The summed E-state index contributed by atoms with van der Waals surface area (Å²) in [4.78, 5) is 14.6. The minimum absolute atomic E-state index is 0.0704. The van der Waals surface area contributed by atoms with Crippen molar-refractivity contribution >= 4 is 15.5 Å². The summed E-state index contributed by atoms with van der Waals surface area (Å²) in [6.07, 6.45) is 2.49. The Morgan fingerprint density at radius 3 is 2.50 bits per heavy atom. The van der Waals surface area contributed by atoms with Gasteiger partial charge in [0.2, 0.25) is 0 Å². The highest BCUT2D eigenvalue weighted by Gasteiger charge is 2.15. The van der Waals surface area contributed by atoms with Crippen LogP contribution in [0.3, 0.4) is 0 Å². The fourth-order valence-electron chi connectivity index (χ4n) is 0.873. The summed E-state index contributed by atoms with van der Waals surface area (Å²) in [5, 5.41) is 6.93. The summed E-state index contributed by atoms with van der Waals surface area (Å²) in [7, 11) is 3.69. The van der Waals surface area contributed by atoms with Crippen molar-refractivity contribution in [3.8, 4) is 0 Å². The quantitative estimate of drug-likeness (QED) is 0.599. The number of nitrogens with zero attached hydrogens (tertiary/aromatic N) is 1. The third kappa shape index (κ3) is 3.95. The van der Waals surface area contributed by atoms with E-state index in [1.807, 2.05) is 13.8 Å². The van der Waals surface area contributed by atoms with Gasteiger partial charge >= 0.3 is 0 Å². The number of aromatic nitrogens is 1. The first-order chi connectivity index (χ1) is 6.54. The van der Waals surface area contributed by atoms with Crippen molar-refractivity contribution in [3.63, 3.8) is 0 Å². The van der Waals surface area contributed by atoms with Crippen LogP contribution in [0.15, 0.2) is 18.3 Å². The minimum Gasteiger partial charge on any atom is -0.400 e. The van der Waals surface area contributed by atoms with Crippen LogP contribution in [-0.4, -0.2) is 23.5 Å². The van der Waals surface area contributed by atoms with E-state index in [1.165, 1.54) is 0 Å². The van der Waals surface area contributed by atoms with Gasteiger partial charge in [0.1, 0.15) is 6.29 Å². The maximum atomic E-state index is 10.5. The van der Waals surface area contributed by atoms with Crippen molar-refractivity contribution in [1.82, 2.24) is 4.98 Å². The number of hydrogen-bond donors (Lipinski definition) is 1. The molecule has 0 aliphatic rings. The average Bonchev–Trinajstić information content (AvgIpc) is 2.20. The molecule has 78 valence electrons. The molecule has 0 fully saturated rings. The lowest BCUT2D eigenvalue weighted by atomic mass is 10.1. The molecular weight excluding hydrogens is 197 g/mol. The lowest BCUT2D eigenvalue weighted by Gasteiger charge is -2.16. The summed E-state index contributed by atoms with van der Waals surface area (Å²) in [6.45, 7) is 4.07. The Hall–Kier alpha value is -0.790. The Kier molecular flexibility index (Phi) is 5.51. The molecule has 1 atom stereocenters. The van der Waals surface area contributed by atoms with E-state index in [-0.39, 0.29) is 5.16 Å². The maximum absolute atomic E-state index is 10.5. The molecule has 1 unspecified atom stereocenters.